The molecular weight excluding hydrogens is 450 g/mol. The molecule has 0 aromatic carbocycles. The zero-order chi connectivity index (χ0) is 27.9. The highest BCUT2D eigenvalue weighted by Crippen LogP contribution is 2.20. The molecule has 7 heteroatoms. The first-order valence-electron chi connectivity index (χ1n) is 12.7. The first kappa shape index (κ1) is 32.6. The second kappa shape index (κ2) is 16.3. The quantitative estimate of drug-likeness (QED) is 0.302. The number of aliphatic hydroxyl groups is 1. The van der Waals surface area contributed by atoms with Gasteiger partial charge in [0.05, 0.1) is 23.8 Å². The van der Waals surface area contributed by atoms with Gasteiger partial charge < -0.3 is 10.4 Å². The average molecular weight is 496 g/mol. The Morgan fingerprint density at radius 2 is 1.89 bits per heavy atom. The van der Waals surface area contributed by atoms with E-state index >= 15 is 0 Å². The first-order valence-corrected chi connectivity index (χ1v) is 12.7. The lowest BCUT2D eigenvalue weighted by Gasteiger charge is -2.21. The number of nitrogens with zero attached hydrogens (tertiary/aromatic N) is 3. The van der Waals surface area contributed by atoms with Gasteiger partial charge in [0.25, 0.3) is 11.3 Å². The Morgan fingerprint density at radius 3 is 2.39 bits per heavy atom. The standard InChI is InChI=1S/C25H33N5O2.2C2H6/c1-8-12-17(5)21(11-4)26-16-20-15-22(31)30-24(27-20)28-23(29-30)18(9-2)13-14-19(10-3)25(6,7)32;2*1-2/h3,9,11-15,19,26,32H,8,16H2,1-2,4-7H3,(H,27,28,29);2*1-2H3/b14-13-,17-12-,18-9+,21-11+;;. The molecule has 2 heterocycles. The minimum atomic E-state index is -1.05. The van der Waals surface area contributed by atoms with Gasteiger partial charge in [-0.25, -0.2) is 4.98 Å². The number of terminal acetylenes is 1. The van der Waals surface area contributed by atoms with Crippen LogP contribution in [0.5, 0.6) is 0 Å². The number of nitrogens with one attached hydrogen (secondary N) is 2. The largest absolute Gasteiger partial charge is 0.389 e. The molecule has 0 bridgehead atoms. The Kier molecular flexibility index (Phi) is 14.8. The SMILES string of the molecule is C#CC(/C=C\C(=C/C)c1nc2nc(CNC(=C/C)/C(C)=C\CC)cc(=O)n2[nH]1)C(C)(C)O.CC.CC. The van der Waals surface area contributed by atoms with Crippen LogP contribution in [0.1, 0.15) is 87.2 Å². The van der Waals surface area contributed by atoms with E-state index in [-0.39, 0.29) is 11.3 Å². The number of aromatic amines is 1. The third kappa shape index (κ3) is 9.35. The van der Waals surface area contributed by atoms with Gasteiger partial charge in [-0.05, 0) is 46.6 Å². The third-order valence-corrected chi connectivity index (χ3v) is 5.06. The van der Waals surface area contributed by atoms with Crippen LogP contribution < -0.4 is 10.9 Å². The van der Waals surface area contributed by atoms with Crippen LogP contribution >= 0.6 is 0 Å². The number of allylic oxidation sites excluding steroid dienone is 6. The maximum Gasteiger partial charge on any atom is 0.274 e. The van der Waals surface area contributed by atoms with Crippen LogP contribution in [0.15, 0.2) is 52.5 Å². The van der Waals surface area contributed by atoms with Gasteiger partial charge in [-0.2, -0.15) is 9.50 Å². The Hall–Kier alpha value is -3.37. The smallest absolute Gasteiger partial charge is 0.274 e. The second-order valence-corrected chi connectivity index (χ2v) is 8.05. The summed E-state index contributed by atoms with van der Waals surface area (Å²) in [4.78, 5) is 21.6. The molecule has 1 unspecified atom stereocenters. The lowest BCUT2D eigenvalue weighted by atomic mass is 9.91. The number of hydrogen-bond acceptors (Lipinski definition) is 5. The monoisotopic (exact) mass is 495 g/mol. The van der Waals surface area contributed by atoms with Crippen LogP contribution in [0.3, 0.4) is 0 Å². The van der Waals surface area contributed by atoms with Crippen molar-refractivity contribution < 1.29 is 5.11 Å². The molecule has 2 rings (SSSR count). The van der Waals surface area contributed by atoms with E-state index in [1.54, 1.807) is 26.0 Å². The van der Waals surface area contributed by atoms with Crippen molar-refractivity contribution >= 4 is 11.4 Å². The van der Waals surface area contributed by atoms with E-state index in [0.717, 1.165) is 23.3 Å². The highest BCUT2D eigenvalue weighted by Gasteiger charge is 2.22. The van der Waals surface area contributed by atoms with Crippen molar-refractivity contribution in [3.63, 3.8) is 0 Å². The maximum absolute atomic E-state index is 12.6. The van der Waals surface area contributed by atoms with Crippen LogP contribution in [0, 0.1) is 18.3 Å². The fraction of sp³-hybridized carbons (Fsp3) is 0.483. The molecule has 0 saturated carbocycles. The Balaban J connectivity index is 0.00000291. The van der Waals surface area contributed by atoms with E-state index < -0.39 is 11.5 Å². The van der Waals surface area contributed by atoms with Gasteiger partial charge in [0.1, 0.15) is 0 Å². The molecule has 0 amide bonds. The van der Waals surface area contributed by atoms with Gasteiger partial charge >= 0.3 is 0 Å². The van der Waals surface area contributed by atoms with Crippen molar-refractivity contribution in [2.75, 3.05) is 0 Å². The van der Waals surface area contributed by atoms with E-state index in [1.807, 2.05) is 60.6 Å². The number of hydrogen-bond donors (Lipinski definition) is 3. The summed E-state index contributed by atoms with van der Waals surface area (Å²) in [6, 6.07) is 1.49. The van der Waals surface area contributed by atoms with Crippen LogP contribution in [0.4, 0.5) is 0 Å². The summed E-state index contributed by atoms with van der Waals surface area (Å²) in [5.74, 6) is 2.89. The van der Waals surface area contributed by atoms with Crippen molar-refractivity contribution in [2.45, 2.75) is 87.8 Å². The van der Waals surface area contributed by atoms with Crippen molar-refractivity contribution in [3.8, 4) is 12.3 Å². The fourth-order valence-electron chi connectivity index (χ4n) is 3.22. The van der Waals surface area contributed by atoms with Crippen molar-refractivity contribution in [3.05, 3.63) is 69.6 Å². The van der Waals surface area contributed by atoms with Crippen LogP contribution in [0.25, 0.3) is 11.4 Å². The van der Waals surface area contributed by atoms with Gasteiger partial charge in [0, 0.05) is 17.3 Å². The Labute approximate surface area is 217 Å². The first-order chi connectivity index (χ1) is 17.1. The summed E-state index contributed by atoms with van der Waals surface area (Å²) >= 11 is 0. The van der Waals surface area contributed by atoms with Crippen molar-refractivity contribution in [1.82, 2.24) is 24.9 Å². The van der Waals surface area contributed by atoms with Crippen molar-refractivity contribution in [2.24, 2.45) is 5.92 Å². The second-order valence-electron chi connectivity index (χ2n) is 8.05. The van der Waals surface area contributed by atoms with Gasteiger partial charge in [-0.1, -0.05) is 70.9 Å². The van der Waals surface area contributed by atoms with Crippen LogP contribution in [0.2, 0.25) is 0 Å². The minimum Gasteiger partial charge on any atom is -0.389 e. The van der Waals surface area contributed by atoms with Crippen molar-refractivity contribution in [1.29, 1.82) is 0 Å². The predicted molar refractivity (Wildman–Crippen MR) is 152 cm³/mol. The molecule has 0 saturated heterocycles. The lowest BCUT2D eigenvalue weighted by molar-refractivity contribution is 0.0578. The normalized spacial score (nSPS) is 13.4. The predicted octanol–water partition coefficient (Wildman–Crippen LogP) is 5.80. The van der Waals surface area contributed by atoms with Crippen LogP contribution in [-0.2, 0) is 6.54 Å². The summed E-state index contributed by atoms with van der Waals surface area (Å²) in [6.45, 7) is 19.7. The molecular formula is C29H45N5O2. The third-order valence-electron chi connectivity index (χ3n) is 5.06. The average Bonchev–Trinajstić information content (AvgIpc) is 3.29. The van der Waals surface area contributed by atoms with E-state index in [2.05, 4.69) is 39.3 Å². The number of aromatic nitrogens is 4. The number of H-pyrrole nitrogens is 1. The molecule has 2 aromatic rings. The molecule has 0 aliphatic rings. The fourth-order valence-corrected chi connectivity index (χ4v) is 3.22. The minimum absolute atomic E-state index is 0.245. The molecule has 0 aliphatic carbocycles. The summed E-state index contributed by atoms with van der Waals surface area (Å²) < 4.78 is 1.31. The topological polar surface area (TPSA) is 95.3 Å². The summed E-state index contributed by atoms with van der Waals surface area (Å²) in [6.07, 6.45) is 16.0. The highest BCUT2D eigenvalue weighted by molar-refractivity contribution is 5.70. The molecule has 7 nitrogen and oxygen atoms in total. The zero-order valence-electron chi connectivity index (χ0n) is 23.7. The molecule has 3 N–H and O–H groups in total. The van der Waals surface area contributed by atoms with E-state index in [1.165, 1.54) is 10.6 Å². The maximum atomic E-state index is 12.6. The van der Waals surface area contributed by atoms with Gasteiger partial charge in [-0.15, -0.1) is 6.42 Å². The summed E-state index contributed by atoms with van der Waals surface area (Å²) in [5, 5.41) is 16.5. The van der Waals surface area contributed by atoms with E-state index in [4.69, 9.17) is 6.42 Å². The Morgan fingerprint density at radius 1 is 1.25 bits per heavy atom. The molecule has 0 fully saturated rings. The van der Waals surface area contributed by atoms with Crippen LogP contribution in [-0.4, -0.2) is 30.3 Å². The summed E-state index contributed by atoms with van der Waals surface area (Å²) in [5.41, 5.74) is 2.20. The molecule has 0 spiro atoms. The molecule has 0 radical (unpaired) electrons. The number of rotatable bonds is 9. The lowest BCUT2D eigenvalue weighted by Crippen LogP contribution is -2.28. The van der Waals surface area contributed by atoms with Gasteiger partial charge in [-0.3, -0.25) is 9.89 Å². The molecule has 0 aliphatic heterocycles. The van der Waals surface area contributed by atoms with E-state index in [0.29, 0.717) is 18.1 Å². The van der Waals surface area contributed by atoms with Gasteiger partial charge in [0.15, 0.2) is 5.82 Å². The zero-order valence-corrected chi connectivity index (χ0v) is 23.7. The summed E-state index contributed by atoms with van der Waals surface area (Å²) in [7, 11) is 0. The van der Waals surface area contributed by atoms with E-state index in [9.17, 15) is 9.90 Å². The highest BCUT2D eigenvalue weighted by atomic mass is 16.3. The molecule has 1 atom stereocenters. The Bertz CT molecular complexity index is 1160. The molecule has 198 valence electrons. The molecule has 2 aromatic heterocycles. The number of fused-ring (bicyclic) bond motifs is 1. The van der Waals surface area contributed by atoms with Gasteiger partial charge in [0.2, 0.25) is 0 Å². The molecule has 36 heavy (non-hydrogen) atoms.